The second-order valence-electron chi connectivity index (χ2n) is 5.47. The molecule has 108 valence electrons. The molecule has 0 aliphatic heterocycles. The molecule has 0 aromatic carbocycles. The maximum absolute atomic E-state index is 4.52. The van der Waals surface area contributed by atoms with E-state index in [0.29, 0.717) is 6.04 Å². The quantitative estimate of drug-likeness (QED) is 0.817. The average molecular weight is 289 g/mol. The van der Waals surface area contributed by atoms with Crippen LogP contribution >= 0.6 is 11.3 Å². The Labute approximate surface area is 125 Å². The predicted molar refractivity (Wildman–Crippen MR) is 85.3 cm³/mol. The molecular formula is C16H23N3S. The molecule has 0 fully saturated rings. The fraction of sp³-hybridized carbons (Fsp3) is 0.500. The fourth-order valence-electron chi connectivity index (χ4n) is 2.20. The standard InChI is InChI=1S/C16H23N3S/c1-12-5-7-17-16(9-12)10-13(2)19(4)8-6-15-11-20-14(3)18-15/h5,7,9,11,13H,6,8,10H2,1-4H3/t13-/m1/s1. The normalized spacial score (nSPS) is 12.8. The van der Waals surface area contributed by atoms with Gasteiger partial charge in [0.05, 0.1) is 10.7 Å². The van der Waals surface area contributed by atoms with Crippen molar-refractivity contribution >= 4 is 11.3 Å². The van der Waals surface area contributed by atoms with Gasteiger partial charge in [-0.1, -0.05) is 0 Å². The van der Waals surface area contributed by atoms with Gasteiger partial charge in [-0.3, -0.25) is 4.98 Å². The van der Waals surface area contributed by atoms with Crippen molar-refractivity contribution in [3.05, 3.63) is 45.7 Å². The molecule has 2 aromatic rings. The number of aryl methyl sites for hydroxylation is 2. The summed E-state index contributed by atoms with van der Waals surface area (Å²) in [5.74, 6) is 0. The molecule has 0 radical (unpaired) electrons. The molecule has 0 N–H and O–H groups in total. The monoisotopic (exact) mass is 289 g/mol. The molecule has 0 bridgehead atoms. The van der Waals surface area contributed by atoms with E-state index in [-0.39, 0.29) is 0 Å². The van der Waals surface area contributed by atoms with Gasteiger partial charge in [-0.2, -0.15) is 0 Å². The Kier molecular flexibility index (Phi) is 5.26. The van der Waals surface area contributed by atoms with E-state index in [2.05, 4.69) is 54.1 Å². The van der Waals surface area contributed by atoms with Gasteiger partial charge in [0.1, 0.15) is 0 Å². The van der Waals surface area contributed by atoms with Gasteiger partial charge < -0.3 is 4.90 Å². The summed E-state index contributed by atoms with van der Waals surface area (Å²) in [7, 11) is 2.18. The van der Waals surface area contributed by atoms with E-state index in [0.717, 1.165) is 24.4 Å². The largest absolute Gasteiger partial charge is 0.303 e. The van der Waals surface area contributed by atoms with Crippen molar-refractivity contribution < 1.29 is 0 Å². The third-order valence-corrected chi connectivity index (χ3v) is 4.44. The van der Waals surface area contributed by atoms with E-state index in [1.807, 2.05) is 12.3 Å². The zero-order valence-corrected chi connectivity index (χ0v) is 13.6. The summed E-state index contributed by atoms with van der Waals surface area (Å²) >= 11 is 1.73. The van der Waals surface area contributed by atoms with Crippen LogP contribution < -0.4 is 0 Å². The molecule has 1 atom stereocenters. The van der Waals surface area contributed by atoms with Crippen LogP contribution in [-0.4, -0.2) is 34.5 Å². The van der Waals surface area contributed by atoms with Crippen molar-refractivity contribution in [2.45, 2.75) is 39.7 Å². The molecule has 0 aliphatic carbocycles. The minimum Gasteiger partial charge on any atom is -0.303 e. The van der Waals surface area contributed by atoms with Crippen LogP contribution in [0.2, 0.25) is 0 Å². The van der Waals surface area contributed by atoms with Crippen molar-refractivity contribution in [2.24, 2.45) is 0 Å². The van der Waals surface area contributed by atoms with Gasteiger partial charge in [-0.25, -0.2) is 4.98 Å². The lowest BCUT2D eigenvalue weighted by molar-refractivity contribution is 0.257. The molecule has 2 aromatic heterocycles. The molecule has 0 amide bonds. The maximum atomic E-state index is 4.52. The van der Waals surface area contributed by atoms with Gasteiger partial charge in [0.15, 0.2) is 0 Å². The number of aromatic nitrogens is 2. The first-order chi connectivity index (χ1) is 9.54. The molecule has 3 nitrogen and oxygen atoms in total. The number of nitrogens with zero attached hydrogens (tertiary/aromatic N) is 3. The van der Waals surface area contributed by atoms with Crippen molar-refractivity contribution in [3.63, 3.8) is 0 Å². The Hall–Kier alpha value is -1.26. The van der Waals surface area contributed by atoms with Crippen LogP contribution in [0.5, 0.6) is 0 Å². The van der Waals surface area contributed by atoms with Gasteiger partial charge in [0, 0.05) is 42.7 Å². The first-order valence-electron chi connectivity index (χ1n) is 7.07. The topological polar surface area (TPSA) is 29.0 Å². The Morgan fingerprint density at radius 3 is 2.75 bits per heavy atom. The molecule has 0 spiro atoms. The van der Waals surface area contributed by atoms with Crippen LogP contribution in [0.4, 0.5) is 0 Å². The van der Waals surface area contributed by atoms with Crippen molar-refractivity contribution in [1.29, 1.82) is 0 Å². The first kappa shape index (κ1) is 15.1. The number of rotatable bonds is 6. The number of thiazole rings is 1. The summed E-state index contributed by atoms with van der Waals surface area (Å²) in [6, 6.07) is 4.71. The lowest BCUT2D eigenvalue weighted by Crippen LogP contribution is -2.33. The third-order valence-electron chi connectivity index (χ3n) is 3.62. The minimum absolute atomic E-state index is 0.490. The highest BCUT2D eigenvalue weighted by molar-refractivity contribution is 7.09. The van der Waals surface area contributed by atoms with E-state index in [1.165, 1.54) is 17.0 Å². The summed E-state index contributed by atoms with van der Waals surface area (Å²) in [6.07, 6.45) is 3.91. The fourth-order valence-corrected chi connectivity index (χ4v) is 2.85. The van der Waals surface area contributed by atoms with E-state index in [9.17, 15) is 0 Å². The summed E-state index contributed by atoms with van der Waals surface area (Å²) in [6.45, 7) is 7.47. The lowest BCUT2D eigenvalue weighted by atomic mass is 10.1. The highest BCUT2D eigenvalue weighted by atomic mass is 32.1. The SMILES string of the molecule is Cc1ccnc(C[C@@H](C)N(C)CCc2csc(C)n2)c1. The third kappa shape index (κ3) is 4.39. The second-order valence-corrected chi connectivity index (χ2v) is 6.53. The number of hydrogen-bond donors (Lipinski definition) is 0. The van der Waals surface area contributed by atoms with E-state index in [1.54, 1.807) is 11.3 Å². The molecule has 0 unspecified atom stereocenters. The zero-order chi connectivity index (χ0) is 14.5. The summed E-state index contributed by atoms with van der Waals surface area (Å²) < 4.78 is 0. The van der Waals surface area contributed by atoms with Gasteiger partial charge >= 0.3 is 0 Å². The van der Waals surface area contributed by atoms with Crippen LogP contribution in [-0.2, 0) is 12.8 Å². The molecule has 2 rings (SSSR count). The van der Waals surface area contributed by atoms with E-state index < -0.39 is 0 Å². The molecule has 0 saturated carbocycles. The molecular weight excluding hydrogens is 266 g/mol. The lowest BCUT2D eigenvalue weighted by Gasteiger charge is -2.24. The Morgan fingerprint density at radius 1 is 1.30 bits per heavy atom. The predicted octanol–water partition coefficient (Wildman–Crippen LogP) is 3.26. The highest BCUT2D eigenvalue weighted by Crippen LogP contribution is 2.11. The average Bonchev–Trinajstić information content (AvgIpc) is 2.81. The van der Waals surface area contributed by atoms with Gasteiger partial charge in [0.25, 0.3) is 0 Å². The minimum atomic E-state index is 0.490. The molecule has 4 heteroatoms. The van der Waals surface area contributed by atoms with Crippen LogP contribution in [0.15, 0.2) is 23.7 Å². The highest BCUT2D eigenvalue weighted by Gasteiger charge is 2.11. The molecule has 0 aliphatic rings. The van der Waals surface area contributed by atoms with Crippen molar-refractivity contribution in [1.82, 2.24) is 14.9 Å². The number of likely N-dealkylation sites (N-methyl/N-ethyl adjacent to an activating group) is 1. The maximum Gasteiger partial charge on any atom is 0.0897 e. The zero-order valence-electron chi connectivity index (χ0n) is 12.8. The number of hydrogen-bond acceptors (Lipinski definition) is 4. The van der Waals surface area contributed by atoms with Gasteiger partial charge in [-0.15, -0.1) is 11.3 Å². The Morgan fingerprint density at radius 2 is 2.10 bits per heavy atom. The van der Waals surface area contributed by atoms with Crippen LogP contribution in [0, 0.1) is 13.8 Å². The van der Waals surface area contributed by atoms with Gasteiger partial charge in [0.2, 0.25) is 0 Å². The summed E-state index contributed by atoms with van der Waals surface area (Å²) in [5.41, 5.74) is 3.66. The van der Waals surface area contributed by atoms with Crippen molar-refractivity contribution in [2.75, 3.05) is 13.6 Å². The molecule has 20 heavy (non-hydrogen) atoms. The van der Waals surface area contributed by atoms with Crippen LogP contribution in [0.1, 0.15) is 28.9 Å². The number of pyridine rings is 1. The second kappa shape index (κ2) is 6.95. The van der Waals surface area contributed by atoms with Crippen molar-refractivity contribution in [3.8, 4) is 0 Å². The Bertz CT molecular complexity index is 550. The van der Waals surface area contributed by atoms with Gasteiger partial charge in [-0.05, 0) is 45.5 Å². The van der Waals surface area contributed by atoms with Crippen LogP contribution in [0.3, 0.4) is 0 Å². The van der Waals surface area contributed by atoms with E-state index in [4.69, 9.17) is 0 Å². The molecule has 0 saturated heterocycles. The first-order valence-corrected chi connectivity index (χ1v) is 7.95. The Balaban J connectivity index is 1.84. The van der Waals surface area contributed by atoms with Crippen LogP contribution in [0.25, 0.3) is 0 Å². The summed E-state index contributed by atoms with van der Waals surface area (Å²) in [5, 5.41) is 3.32. The summed E-state index contributed by atoms with van der Waals surface area (Å²) in [4.78, 5) is 11.4. The molecule has 2 heterocycles. The van der Waals surface area contributed by atoms with E-state index >= 15 is 0 Å². The smallest absolute Gasteiger partial charge is 0.0897 e.